The van der Waals surface area contributed by atoms with Gasteiger partial charge in [0.1, 0.15) is 0 Å². The quantitative estimate of drug-likeness (QED) is 0.195. The van der Waals surface area contributed by atoms with Gasteiger partial charge in [0.25, 0.3) is 0 Å². The number of methoxy groups -OCH3 is 1. The van der Waals surface area contributed by atoms with E-state index in [1.165, 1.54) is 18.4 Å². The molecule has 0 radical (unpaired) electrons. The summed E-state index contributed by atoms with van der Waals surface area (Å²) in [5.41, 5.74) is 1.60. The van der Waals surface area contributed by atoms with E-state index in [-0.39, 0.29) is 29.4 Å². The highest BCUT2D eigenvalue weighted by molar-refractivity contribution is 14.0. The molecule has 1 aromatic rings. The van der Waals surface area contributed by atoms with E-state index >= 15 is 0 Å². The lowest BCUT2D eigenvalue weighted by Gasteiger charge is -2.16. The zero-order chi connectivity index (χ0) is 18.0. The Morgan fingerprint density at radius 3 is 2.69 bits per heavy atom. The molecule has 2 rings (SSSR count). The van der Waals surface area contributed by atoms with Gasteiger partial charge in [0.2, 0.25) is 0 Å². The summed E-state index contributed by atoms with van der Waals surface area (Å²) in [7, 11) is 1.69. The molecule has 0 spiro atoms. The summed E-state index contributed by atoms with van der Waals surface area (Å²) in [6, 6.07) is 8.62. The third kappa shape index (κ3) is 8.10. The van der Waals surface area contributed by atoms with Crippen LogP contribution in [-0.2, 0) is 14.9 Å². The molecule has 1 aliphatic rings. The normalized spacial score (nSPS) is 15.3. The maximum atomic E-state index is 5.48. The molecule has 26 heavy (non-hydrogen) atoms. The van der Waals surface area contributed by atoms with Crippen LogP contribution in [0.15, 0.2) is 33.7 Å². The molecule has 0 aromatic heterocycles. The number of hydrogen-bond donors (Lipinski definition) is 2. The molecule has 148 valence electrons. The predicted octanol–water partition coefficient (Wildman–Crippen LogP) is 3.71. The fourth-order valence-corrected chi connectivity index (χ4v) is 3.10. The summed E-state index contributed by atoms with van der Waals surface area (Å²) in [5.74, 6) is 0.890. The van der Waals surface area contributed by atoms with Crippen LogP contribution in [0.1, 0.15) is 31.7 Å². The first kappa shape index (κ1) is 23.7. The highest BCUT2D eigenvalue weighted by Gasteiger charge is 2.44. The number of guanidine groups is 1. The van der Waals surface area contributed by atoms with Gasteiger partial charge in [-0.25, -0.2) is 0 Å². The molecule has 0 bridgehead atoms. The summed E-state index contributed by atoms with van der Waals surface area (Å²) < 4.78 is 11.6. The van der Waals surface area contributed by atoms with Gasteiger partial charge in [0, 0.05) is 36.7 Å². The summed E-state index contributed by atoms with van der Waals surface area (Å²) in [6.07, 6.45) is 3.37. The Bertz CT molecular complexity index is 553. The molecule has 1 aromatic carbocycles. The molecule has 1 aliphatic carbocycles. The van der Waals surface area contributed by atoms with Crippen molar-refractivity contribution in [2.45, 2.75) is 31.6 Å². The lowest BCUT2D eigenvalue weighted by molar-refractivity contribution is 0.0698. The van der Waals surface area contributed by atoms with E-state index in [2.05, 4.69) is 57.8 Å². The topological polar surface area (TPSA) is 54.9 Å². The molecular weight excluding hydrogens is 509 g/mol. The van der Waals surface area contributed by atoms with E-state index in [0.29, 0.717) is 13.2 Å². The highest BCUT2D eigenvalue weighted by Crippen LogP contribution is 2.48. The first-order valence-corrected chi connectivity index (χ1v) is 9.84. The Hall–Kier alpha value is -0.380. The Balaban J connectivity index is 0.00000338. The van der Waals surface area contributed by atoms with Crippen molar-refractivity contribution in [1.82, 2.24) is 10.6 Å². The molecule has 0 saturated heterocycles. The zero-order valence-electron chi connectivity index (χ0n) is 15.7. The fourth-order valence-electron chi connectivity index (χ4n) is 2.70. The number of aliphatic imine (C=N–C) groups is 1. The number of hydrogen-bond acceptors (Lipinski definition) is 3. The smallest absolute Gasteiger partial charge is 0.191 e. The molecule has 1 fully saturated rings. The lowest BCUT2D eigenvalue weighted by atomic mass is 9.96. The molecule has 2 N–H and O–H groups in total. The van der Waals surface area contributed by atoms with Crippen molar-refractivity contribution in [2.75, 3.05) is 46.6 Å². The van der Waals surface area contributed by atoms with Crippen molar-refractivity contribution in [3.8, 4) is 0 Å². The molecule has 0 amide bonds. The number of nitrogens with one attached hydrogen (secondary N) is 2. The number of ether oxygens (including phenoxy) is 2. The van der Waals surface area contributed by atoms with Crippen LogP contribution in [0.5, 0.6) is 0 Å². The van der Waals surface area contributed by atoms with E-state index in [0.717, 1.165) is 43.1 Å². The monoisotopic (exact) mass is 539 g/mol. The number of rotatable bonds is 11. The predicted molar refractivity (Wildman–Crippen MR) is 122 cm³/mol. The molecule has 5 nitrogen and oxygen atoms in total. The van der Waals surface area contributed by atoms with Crippen molar-refractivity contribution in [3.05, 3.63) is 34.3 Å². The van der Waals surface area contributed by atoms with Gasteiger partial charge in [0.15, 0.2) is 5.96 Å². The van der Waals surface area contributed by atoms with Crippen LogP contribution in [0.2, 0.25) is 0 Å². The number of halogens is 2. The van der Waals surface area contributed by atoms with Crippen LogP contribution in [0.25, 0.3) is 0 Å². The van der Waals surface area contributed by atoms with Crippen molar-refractivity contribution >= 4 is 45.9 Å². The standard InChI is InChI=1S/C19H30BrN3O2.HI/c1-3-21-18(22-10-5-11-25-13-12-24-2)23-15-19(8-9-19)16-6-4-7-17(20)14-16;/h4,6-7,14H,3,5,8-13,15H2,1-2H3,(H2,21,22,23);1H. The second-order valence-electron chi connectivity index (χ2n) is 6.37. The van der Waals surface area contributed by atoms with Gasteiger partial charge in [-0.05, 0) is 43.9 Å². The second-order valence-corrected chi connectivity index (χ2v) is 7.29. The summed E-state index contributed by atoms with van der Waals surface area (Å²) in [4.78, 5) is 4.82. The first-order chi connectivity index (χ1) is 12.2. The van der Waals surface area contributed by atoms with Gasteiger partial charge in [-0.1, -0.05) is 28.1 Å². The SMILES string of the molecule is CCNC(=NCC1(c2cccc(Br)c2)CC1)NCCCOCCOC.I. The van der Waals surface area contributed by atoms with Gasteiger partial charge in [-0.3, -0.25) is 4.99 Å². The largest absolute Gasteiger partial charge is 0.382 e. The maximum Gasteiger partial charge on any atom is 0.191 e. The Morgan fingerprint density at radius 1 is 1.23 bits per heavy atom. The van der Waals surface area contributed by atoms with Crippen LogP contribution in [0.3, 0.4) is 0 Å². The van der Waals surface area contributed by atoms with E-state index in [4.69, 9.17) is 14.5 Å². The highest BCUT2D eigenvalue weighted by atomic mass is 127. The fraction of sp³-hybridized carbons (Fsp3) is 0.632. The third-order valence-corrected chi connectivity index (χ3v) is 4.86. The molecule has 0 heterocycles. The van der Waals surface area contributed by atoms with Crippen molar-refractivity contribution in [1.29, 1.82) is 0 Å². The Kier molecular flexibility index (Phi) is 11.7. The molecular formula is C19H31BrIN3O2. The molecule has 1 saturated carbocycles. The average molecular weight is 540 g/mol. The van der Waals surface area contributed by atoms with E-state index < -0.39 is 0 Å². The average Bonchev–Trinajstić information content (AvgIpc) is 3.40. The summed E-state index contributed by atoms with van der Waals surface area (Å²) in [6.45, 7) is 6.66. The van der Waals surface area contributed by atoms with Crippen LogP contribution >= 0.6 is 39.9 Å². The van der Waals surface area contributed by atoms with E-state index in [9.17, 15) is 0 Å². The molecule has 7 heteroatoms. The van der Waals surface area contributed by atoms with Gasteiger partial charge < -0.3 is 20.1 Å². The minimum absolute atomic E-state index is 0. The van der Waals surface area contributed by atoms with Crippen LogP contribution in [0, 0.1) is 0 Å². The van der Waals surface area contributed by atoms with Gasteiger partial charge >= 0.3 is 0 Å². The van der Waals surface area contributed by atoms with Gasteiger partial charge in [0.05, 0.1) is 19.8 Å². The van der Waals surface area contributed by atoms with Crippen LogP contribution < -0.4 is 10.6 Å². The minimum atomic E-state index is 0. The minimum Gasteiger partial charge on any atom is -0.382 e. The van der Waals surface area contributed by atoms with Crippen LogP contribution in [-0.4, -0.2) is 52.5 Å². The molecule has 0 atom stereocenters. The summed E-state index contributed by atoms with van der Waals surface area (Å²) >= 11 is 3.57. The first-order valence-electron chi connectivity index (χ1n) is 9.05. The van der Waals surface area contributed by atoms with E-state index in [1.807, 2.05) is 0 Å². The maximum absolute atomic E-state index is 5.48. The lowest BCUT2D eigenvalue weighted by Crippen LogP contribution is -2.38. The third-order valence-electron chi connectivity index (χ3n) is 4.36. The Labute approximate surface area is 182 Å². The van der Waals surface area contributed by atoms with Gasteiger partial charge in [-0.2, -0.15) is 0 Å². The molecule has 0 unspecified atom stereocenters. The molecule has 0 aliphatic heterocycles. The number of benzene rings is 1. The van der Waals surface area contributed by atoms with Crippen molar-refractivity contribution in [3.63, 3.8) is 0 Å². The van der Waals surface area contributed by atoms with Crippen molar-refractivity contribution < 1.29 is 9.47 Å². The summed E-state index contributed by atoms with van der Waals surface area (Å²) in [5, 5.41) is 6.72. The van der Waals surface area contributed by atoms with E-state index in [1.54, 1.807) is 7.11 Å². The number of nitrogens with zero attached hydrogens (tertiary/aromatic N) is 1. The zero-order valence-corrected chi connectivity index (χ0v) is 19.6. The Morgan fingerprint density at radius 2 is 2.04 bits per heavy atom. The van der Waals surface area contributed by atoms with Gasteiger partial charge in [-0.15, -0.1) is 24.0 Å². The van der Waals surface area contributed by atoms with Crippen LogP contribution in [0.4, 0.5) is 0 Å². The van der Waals surface area contributed by atoms with Crippen molar-refractivity contribution in [2.24, 2.45) is 4.99 Å². The second kappa shape index (κ2) is 12.9.